The van der Waals surface area contributed by atoms with E-state index in [0.29, 0.717) is 17.9 Å². The van der Waals surface area contributed by atoms with E-state index >= 15 is 0 Å². The maximum absolute atomic E-state index is 12.6. The number of rotatable bonds is 5. The Balaban J connectivity index is 1.75. The summed E-state index contributed by atoms with van der Waals surface area (Å²) in [6.07, 6.45) is 1.12. The highest BCUT2D eigenvalue weighted by Crippen LogP contribution is 2.44. The molecule has 0 N–H and O–H groups in total. The fourth-order valence-corrected chi connectivity index (χ4v) is 3.75. The third-order valence-corrected chi connectivity index (χ3v) is 6.16. The Hall–Kier alpha value is -1.79. The van der Waals surface area contributed by atoms with Crippen molar-refractivity contribution in [1.82, 2.24) is 5.06 Å². The van der Waals surface area contributed by atoms with Gasteiger partial charge in [0.1, 0.15) is 0 Å². The van der Waals surface area contributed by atoms with E-state index in [-0.39, 0.29) is 31.2 Å². The summed E-state index contributed by atoms with van der Waals surface area (Å²) in [5.74, 6) is -3.12. The quantitative estimate of drug-likeness (QED) is 0.329. The first-order valence-corrected chi connectivity index (χ1v) is 9.75. The molecule has 146 valence electrons. The average molecular weight is 461 g/mol. The summed E-state index contributed by atoms with van der Waals surface area (Å²) >= 11 is 24.0. The third kappa shape index (κ3) is 3.72. The van der Waals surface area contributed by atoms with Gasteiger partial charge < -0.3 is 4.84 Å². The molecule has 0 spiro atoms. The largest absolute Gasteiger partial charge is 0.336 e. The van der Waals surface area contributed by atoms with Crippen LogP contribution in [0.5, 0.6) is 0 Å². The first-order chi connectivity index (χ1) is 13.2. The smallest absolute Gasteiger partial charge is 0.329 e. The van der Waals surface area contributed by atoms with Gasteiger partial charge in [0.25, 0.3) is 11.8 Å². The SMILES string of the molecule is CC(CCc1ccccc1)C(=O)ON1C(=O)c2c(Cl)c(Cl)c(Cl)c(Cl)c2C1=O. The molecule has 2 aromatic rings. The number of hydrogen-bond donors (Lipinski definition) is 0. The van der Waals surface area contributed by atoms with E-state index in [1.807, 2.05) is 30.3 Å². The molecule has 28 heavy (non-hydrogen) atoms. The molecule has 0 bridgehead atoms. The Kier molecular flexibility index (Phi) is 6.20. The van der Waals surface area contributed by atoms with Crippen molar-refractivity contribution < 1.29 is 19.2 Å². The molecule has 5 nitrogen and oxygen atoms in total. The number of halogens is 4. The lowest BCUT2D eigenvalue weighted by atomic mass is 10.0. The van der Waals surface area contributed by atoms with Crippen LogP contribution in [0.4, 0.5) is 0 Å². The summed E-state index contributed by atoms with van der Waals surface area (Å²) in [5, 5.41) is -0.411. The normalized spacial score (nSPS) is 14.2. The van der Waals surface area contributed by atoms with Crippen LogP contribution in [0.2, 0.25) is 20.1 Å². The molecule has 2 amide bonds. The molecule has 1 unspecified atom stereocenters. The second kappa shape index (κ2) is 8.29. The zero-order valence-electron chi connectivity index (χ0n) is 14.5. The van der Waals surface area contributed by atoms with Crippen LogP contribution in [0.25, 0.3) is 0 Å². The van der Waals surface area contributed by atoms with E-state index < -0.39 is 23.7 Å². The predicted octanol–water partition coefficient (Wildman–Crippen LogP) is 5.62. The number of benzene rings is 2. The molecule has 1 aliphatic heterocycles. The van der Waals surface area contributed by atoms with Crippen LogP contribution in [-0.4, -0.2) is 22.8 Å². The maximum Gasteiger partial charge on any atom is 0.336 e. The van der Waals surface area contributed by atoms with Gasteiger partial charge in [-0.05, 0) is 18.4 Å². The monoisotopic (exact) mass is 459 g/mol. The van der Waals surface area contributed by atoms with Crippen LogP contribution in [0.3, 0.4) is 0 Å². The molecule has 0 radical (unpaired) electrons. The Bertz CT molecular complexity index is 931. The highest BCUT2D eigenvalue weighted by atomic mass is 35.5. The van der Waals surface area contributed by atoms with Crippen molar-refractivity contribution in [2.45, 2.75) is 19.8 Å². The van der Waals surface area contributed by atoms with Gasteiger partial charge in [-0.1, -0.05) is 88.7 Å². The summed E-state index contributed by atoms with van der Waals surface area (Å²) in [6, 6.07) is 9.60. The molecule has 0 saturated heterocycles. The van der Waals surface area contributed by atoms with Crippen LogP contribution in [-0.2, 0) is 16.1 Å². The standard InChI is InChI=1S/C19H13Cl4NO4/c1-9(7-8-10-5-3-2-4-6-10)19(27)28-24-17(25)11-12(18(24)26)14(21)16(23)15(22)13(11)20/h2-6,9H,7-8H2,1H3. The topological polar surface area (TPSA) is 63.7 Å². The second-order valence-electron chi connectivity index (χ2n) is 6.25. The van der Waals surface area contributed by atoms with Crippen LogP contribution in [0, 0.1) is 5.92 Å². The van der Waals surface area contributed by atoms with E-state index in [4.69, 9.17) is 51.2 Å². The minimum absolute atomic E-state index is 0.155. The zero-order valence-corrected chi connectivity index (χ0v) is 17.5. The van der Waals surface area contributed by atoms with Crippen molar-refractivity contribution in [3.8, 4) is 0 Å². The van der Waals surface area contributed by atoms with Crippen LogP contribution >= 0.6 is 46.4 Å². The lowest BCUT2D eigenvalue weighted by Crippen LogP contribution is -2.34. The van der Waals surface area contributed by atoms with Crippen molar-refractivity contribution in [3.63, 3.8) is 0 Å². The van der Waals surface area contributed by atoms with Crippen LogP contribution < -0.4 is 0 Å². The van der Waals surface area contributed by atoms with E-state index in [9.17, 15) is 14.4 Å². The molecular formula is C19H13Cl4NO4. The number of aryl methyl sites for hydroxylation is 1. The molecule has 9 heteroatoms. The van der Waals surface area contributed by atoms with Gasteiger partial charge in [0.2, 0.25) is 0 Å². The van der Waals surface area contributed by atoms with Gasteiger partial charge in [-0.3, -0.25) is 9.59 Å². The Morgan fingerprint density at radius 3 is 1.93 bits per heavy atom. The summed E-state index contributed by atoms with van der Waals surface area (Å²) in [5.41, 5.74) is 0.581. The molecule has 1 heterocycles. The number of carbonyl (C=O) groups is 3. The van der Waals surface area contributed by atoms with Gasteiger partial charge in [-0.15, -0.1) is 0 Å². The lowest BCUT2D eigenvalue weighted by Gasteiger charge is -2.16. The first-order valence-electron chi connectivity index (χ1n) is 8.24. The van der Waals surface area contributed by atoms with Crippen molar-refractivity contribution in [2.24, 2.45) is 5.92 Å². The molecular weight excluding hydrogens is 448 g/mol. The summed E-state index contributed by atoms with van der Waals surface area (Å²) < 4.78 is 0. The Morgan fingerprint density at radius 2 is 1.43 bits per heavy atom. The highest BCUT2D eigenvalue weighted by molar-refractivity contribution is 6.55. The summed E-state index contributed by atoms with van der Waals surface area (Å²) in [4.78, 5) is 42.6. The number of imide groups is 1. The van der Waals surface area contributed by atoms with Gasteiger partial charge >= 0.3 is 5.97 Å². The number of hydroxylamine groups is 2. The lowest BCUT2D eigenvalue weighted by molar-refractivity contribution is -0.173. The summed E-state index contributed by atoms with van der Waals surface area (Å²) in [6.45, 7) is 1.65. The molecule has 0 fully saturated rings. The number of amides is 2. The number of hydrogen-bond acceptors (Lipinski definition) is 4. The van der Waals surface area contributed by atoms with E-state index in [0.717, 1.165) is 5.56 Å². The highest BCUT2D eigenvalue weighted by Gasteiger charge is 2.44. The number of carbonyl (C=O) groups excluding carboxylic acids is 3. The average Bonchev–Trinajstić information content (AvgIpc) is 2.94. The molecule has 0 saturated carbocycles. The molecule has 0 aromatic heterocycles. The predicted molar refractivity (Wildman–Crippen MR) is 107 cm³/mol. The molecule has 1 atom stereocenters. The molecule has 3 rings (SSSR count). The maximum atomic E-state index is 12.6. The van der Waals surface area contributed by atoms with E-state index in [2.05, 4.69) is 0 Å². The Labute approximate surface area is 181 Å². The minimum Gasteiger partial charge on any atom is -0.329 e. The zero-order chi connectivity index (χ0) is 20.6. The molecule has 1 aliphatic rings. The third-order valence-electron chi connectivity index (χ3n) is 4.36. The van der Waals surface area contributed by atoms with Gasteiger partial charge in [-0.2, -0.15) is 0 Å². The van der Waals surface area contributed by atoms with E-state index in [1.54, 1.807) is 6.92 Å². The van der Waals surface area contributed by atoms with Crippen LogP contribution in [0.15, 0.2) is 30.3 Å². The van der Waals surface area contributed by atoms with Crippen molar-refractivity contribution in [2.75, 3.05) is 0 Å². The van der Waals surface area contributed by atoms with Crippen molar-refractivity contribution in [3.05, 3.63) is 67.1 Å². The minimum atomic E-state index is -0.922. The van der Waals surface area contributed by atoms with Crippen molar-refractivity contribution in [1.29, 1.82) is 0 Å². The second-order valence-corrected chi connectivity index (χ2v) is 7.76. The number of nitrogens with zero attached hydrogens (tertiary/aromatic N) is 1. The molecule has 2 aromatic carbocycles. The molecule has 0 aliphatic carbocycles. The summed E-state index contributed by atoms with van der Waals surface area (Å²) in [7, 11) is 0. The van der Waals surface area contributed by atoms with Gasteiger partial charge in [0.15, 0.2) is 0 Å². The fraction of sp³-hybridized carbons (Fsp3) is 0.211. The van der Waals surface area contributed by atoms with Gasteiger partial charge in [0.05, 0.1) is 37.1 Å². The van der Waals surface area contributed by atoms with Crippen molar-refractivity contribution >= 4 is 64.2 Å². The van der Waals surface area contributed by atoms with Gasteiger partial charge in [-0.25, -0.2) is 4.79 Å². The Morgan fingerprint density at radius 1 is 0.929 bits per heavy atom. The first kappa shape index (κ1) is 20.9. The van der Waals surface area contributed by atoms with E-state index in [1.165, 1.54) is 0 Å². The number of fused-ring (bicyclic) bond motifs is 1. The van der Waals surface area contributed by atoms with Gasteiger partial charge in [0, 0.05) is 0 Å². The van der Waals surface area contributed by atoms with Crippen LogP contribution in [0.1, 0.15) is 39.6 Å². The fourth-order valence-electron chi connectivity index (χ4n) is 2.74.